The predicted molar refractivity (Wildman–Crippen MR) is 93.9 cm³/mol. The van der Waals surface area contributed by atoms with Gasteiger partial charge in [-0.25, -0.2) is 0 Å². The predicted octanol–water partition coefficient (Wildman–Crippen LogP) is -0.750. The summed E-state index contributed by atoms with van der Waals surface area (Å²) < 4.78 is 8.15. The van der Waals surface area contributed by atoms with Crippen LogP contribution >= 0.6 is 0 Å². The van der Waals surface area contributed by atoms with Crippen LogP contribution in [0.1, 0.15) is 40.5 Å². The molecule has 2 aliphatic rings. The summed E-state index contributed by atoms with van der Waals surface area (Å²) in [4.78, 5) is 0. The fourth-order valence-electron chi connectivity index (χ4n) is 3.96. The van der Waals surface area contributed by atoms with E-state index in [0.29, 0.717) is 0 Å². The molecule has 0 aromatic heterocycles. The van der Waals surface area contributed by atoms with Crippen LogP contribution in [0.25, 0.3) is 0 Å². The molecule has 0 spiro atoms. The molecule has 0 heterocycles. The van der Waals surface area contributed by atoms with Crippen molar-refractivity contribution in [2.45, 2.75) is 58.9 Å². The first-order chi connectivity index (χ1) is 10.2. The molecule has 0 aliphatic heterocycles. The number of hydrogen-bond donors (Lipinski definition) is 0. The first-order valence-electron chi connectivity index (χ1n) is 8.30. The van der Waals surface area contributed by atoms with Gasteiger partial charge in [0.1, 0.15) is 0 Å². The molecule has 0 aromatic carbocycles. The third kappa shape index (κ3) is 4.22. The Bertz CT molecular complexity index is 570. The van der Waals surface area contributed by atoms with Gasteiger partial charge < -0.3 is 24.8 Å². The summed E-state index contributed by atoms with van der Waals surface area (Å²) >= 11 is 2.29. The first kappa shape index (κ1) is 24.4. The number of halogens is 2. The monoisotopic (exact) mass is 419 g/mol. The zero-order valence-corrected chi connectivity index (χ0v) is 19.7. The summed E-state index contributed by atoms with van der Waals surface area (Å²) in [7, 11) is -1.83. The van der Waals surface area contributed by atoms with Crippen LogP contribution < -0.4 is 24.8 Å². The third-order valence-corrected chi connectivity index (χ3v) is 10.6. The van der Waals surface area contributed by atoms with E-state index in [9.17, 15) is 0 Å². The second-order valence-corrected chi connectivity index (χ2v) is 13.4. The maximum absolute atomic E-state index is 6.61. The minimum Gasteiger partial charge on any atom is -1.00 e. The molecule has 133 valence electrons. The van der Waals surface area contributed by atoms with Crippen LogP contribution in [0.3, 0.4) is 0 Å². The van der Waals surface area contributed by atoms with Gasteiger partial charge >= 0.3 is 149 Å². The van der Waals surface area contributed by atoms with Crippen molar-refractivity contribution >= 4 is 8.07 Å². The van der Waals surface area contributed by atoms with Crippen molar-refractivity contribution in [3.63, 3.8) is 0 Å². The van der Waals surface area contributed by atoms with Gasteiger partial charge in [0.2, 0.25) is 0 Å². The van der Waals surface area contributed by atoms with E-state index in [1.807, 2.05) is 0 Å². The standard InChI is InChI=1S/C19H29OSi.2ClH.Ti/c1-7-20-19(21(5,6)16-12-8-9-13-16)15-11-10-14-17(19)18(2,3)4;;;/h8,10-12,14H,7,9,15H2,1-6H3;2*1H;/q;;;+2/p-2. The first-order valence-corrected chi connectivity index (χ1v) is 12.1. The second kappa shape index (κ2) is 8.88. The van der Waals surface area contributed by atoms with Gasteiger partial charge in [-0.2, -0.15) is 0 Å². The van der Waals surface area contributed by atoms with Crippen LogP contribution in [0.15, 0.2) is 45.0 Å². The maximum atomic E-state index is 6.61. The van der Waals surface area contributed by atoms with Gasteiger partial charge in [0.05, 0.1) is 0 Å². The second-order valence-electron chi connectivity index (χ2n) is 7.85. The summed E-state index contributed by atoms with van der Waals surface area (Å²) in [6, 6.07) is 0. The van der Waals surface area contributed by atoms with Crippen LogP contribution in [0.2, 0.25) is 13.1 Å². The molecule has 0 radical (unpaired) electrons. The fraction of sp³-hybridized carbons (Fsp3) is 0.579. The minimum atomic E-state index is -1.83. The largest absolute Gasteiger partial charge is 1.00 e. The molecule has 0 amide bonds. The van der Waals surface area contributed by atoms with Crippen molar-refractivity contribution in [3.8, 4) is 0 Å². The molecule has 24 heavy (non-hydrogen) atoms. The van der Waals surface area contributed by atoms with Gasteiger partial charge in [-0.15, -0.1) is 0 Å². The quantitative estimate of drug-likeness (QED) is 0.545. The summed E-state index contributed by atoms with van der Waals surface area (Å²) in [5.41, 5.74) is 1.60. The van der Waals surface area contributed by atoms with E-state index < -0.39 is 8.07 Å². The minimum absolute atomic E-state index is 0. The zero-order valence-electron chi connectivity index (χ0n) is 15.7. The normalized spacial score (nSPS) is 23.8. The van der Waals surface area contributed by atoms with E-state index in [1.165, 1.54) is 5.57 Å². The number of allylic oxidation sites excluding steroid dienone is 6. The van der Waals surface area contributed by atoms with Gasteiger partial charge in [-0.05, 0) is 0 Å². The maximum Gasteiger partial charge on any atom is -1.00 e. The number of rotatable bonds is 4. The molecule has 1 nitrogen and oxygen atoms in total. The Kier molecular flexibility index (Phi) is 9.04. The summed E-state index contributed by atoms with van der Waals surface area (Å²) in [6.07, 6.45) is 13.6. The summed E-state index contributed by atoms with van der Waals surface area (Å²) in [6.45, 7) is 14.9. The Balaban J connectivity index is 0.00000264. The van der Waals surface area contributed by atoms with Gasteiger partial charge in [-0.1, -0.05) is 0 Å². The van der Waals surface area contributed by atoms with Crippen LogP contribution in [0.5, 0.6) is 0 Å². The smallest absolute Gasteiger partial charge is 1.00 e. The molecular weight excluding hydrogens is 391 g/mol. The Labute approximate surface area is 173 Å². The number of ether oxygens (including phenoxy) is 1. The number of hydrogen-bond acceptors (Lipinski definition) is 1. The fourth-order valence-corrected chi connectivity index (χ4v) is 9.83. The van der Waals surface area contributed by atoms with Gasteiger partial charge in [0.25, 0.3) is 0 Å². The van der Waals surface area contributed by atoms with E-state index in [1.54, 1.807) is 9.07 Å². The zero-order chi connectivity index (χ0) is 16.6. The average Bonchev–Trinajstić information content (AvgIpc) is 2.85. The van der Waals surface area contributed by atoms with Crippen LogP contribution in [0.4, 0.5) is 0 Å². The molecule has 1 unspecified atom stereocenters. The van der Waals surface area contributed by atoms with Crippen LogP contribution in [0, 0.1) is 5.41 Å². The molecule has 0 saturated carbocycles. The molecule has 1 atom stereocenters. The van der Waals surface area contributed by atoms with Gasteiger partial charge in [-0.3, -0.25) is 0 Å². The van der Waals surface area contributed by atoms with E-state index >= 15 is 0 Å². The van der Waals surface area contributed by atoms with E-state index in [-0.39, 0.29) is 35.5 Å². The Morgan fingerprint density at radius 2 is 1.83 bits per heavy atom. The SMILES string of the molecule is CCOC1([Si](C)(C)C2=[C]([Ti+2])CC=C2)CC=CC=C1C(C)(C)C.[Cl-].[Cl-]. The molecule has 0 bridgehead atoms. The van der Waals surface area contributed by atoms with E-state index in [0.717, 1.165) is 19.4 Å². The Hall–Kier alpha value is 0.431. The summed E-state index contributed by atoms with van der Waals surface area (Å²) in [5.74, 6) is 0. The Morgan fingerprint density at radius 1 is 1.21 bits per heavy atom. The van der Waals surface area contributed by atoms with Crippen LogP contribution in [-0.4, -0.2) is 19.9 Å². The summed E-state index contributed by atoms with van der Waals surface area (Å²) in [5, 5.41) is 1.46. The van der Waals surface area contributed by atoms with E-state index in [4.69, 9.17) is 4.74 Å². The molecule has 5 heteroatoms. The molecule has 0 N–H and O–H groups in total. The van der Waals surface area contributed by atoms with Crippen molar-refractivity contribution in [3.05, 3.63) is 45.0 Å². The van der Waals surface area contributed by atoms with Crippen molar-refractivity contribution in [2.24, 2.45) is 5.41 Å². The van der Waals surface area contributed by atoms with Gasteiger partial charge in [0, 0.05) is 0 Å². The molecule has 2 aliphatic carbocycles. The molecule has 0 fully saturated rings. The van der Waals surface area contributed by atoms with Gasteiger partial charge in [0.15, 0.2) is 0 Å². The van der Waals surface area contributed by atoms with Crippen LogP contribution in [-0.2, 0) is 25.2 Å². The van der Waals surface area contributed by atoms with E-state index in [2.05, 4.69) is 91.6 Å². The van der Waals surface area contributed by atoms with Crippen molar-refractivity contribution < 1.29 is 50.0 Å². The molecule has 0 saturated heterocycles. The molecule has 0 aromatic rings. The van der Waals surface area contributed by atoms with Crippen molar-refractivity contribution in [1.29, 1.82) is 0 Å². The third-order valence-electron chi connectivity index (χ3n) is 5.05. The molecular formula is C19H29Cl2OSiTi. The molecule has 2 rings (SSSR count). The Morgan fingerprint density at radius 3 is 2.29 bits per heavy atom. The van der Waals surface area contributed by atoms with Crippen molar-refractivity contribution in [2.75, 3.05) is 6.61 Å². The topological polar surface area (TPSA) is 9.23 Å². The average molecular weight is 420 g/mol. The van der Waals surface area contributed by atoms with Crippen molar-refractivity contribution in [1.82, 2.24) is 0 Å².